The Morgan fingerprint density at radius 3 is 2.65 bits per heavy atom. The summed E-state index contributed by atoms with van der Waals surface area (Å²) in [6.07, 6.45) is 0. The number of phenols is 1. The van der Waals surface area contributed by atoms with Crippen molar-refractivity contribution >= 4 is 11.6 Å². The van der Waals surface area contributed by atoms with Gasteiger partial charge in [0.05, 0.1) is 11.2 Å². The fraction of sp³-hybridized carbons (Fsp3) is 0.462. The standard InChI is InChI=1S/C13H20N2O2/c1-5-14-13(3,4)12(17)15-10-8-6-7-9(2)11(10)16/h6-8,14,16H,5H2,1-4H3,(H,15,17). The number of aromatic hydroxyl groups is 1. The highest BCUT2D eigenvalue weighted by molar-refractivity contribution is 5.98. The van der Waals surface area contributed by atoms with Gasteiger partial charge in [0, 0.05) is 0 Å². The molecule has 0 aromatic heterocycles. The molecule has 0 aliphatic carbocycles. The van der Waals surface area contributed by atoms with Gasteiger partial charge < -0.3 is 15.7 Å². The van der Waals surface area contributed by atoms with E-state index in [0.717, 1.165) is 5.56 Å². The monoisotopic (exact) mass is 236 g/mol. The van der Waals surface area contributed by atoms with E-state index in [4.69, 9.17) is 0 Å². The minimum Gasteiger partial charge on any atom is -0.505 e. The topological polar surface area (TPSA) is 61.4 Å². The van der Waals surface area contributed by atoms with Crippen molar-refractivity contribution in [3.05, 3.63) is 23.8 Å². The number of carbonyl (C=O) groups excluding carboxylic acids is 1. The highest BCUT2D eigenvalue weighted by Gasteiger charge is 2.26. The number of nitrogens with one attached hydrogen (secondary N) is 2. The van der Waals surface area contributed by atoms with E-state index in [1.165, 1.54) is 0 Å². The Kier molecular flexibility index (Phi) is 4.12. The molecule has 0 heterocycles. The molecule has 1 rings (SSSR count). The van der Waals surface area contributed by atoms with Gasteiger partial charge in [0.1, 0.15) is 5.75 Å². The van der Waals surface area contributed by atoms with Crippen LogP contribution in [0.5, 0.6) is 5.75 Å². The average Bonchev–Trinajstić information content (AvgIpc) is 2.24. The van der Waals surface area contributed by atoms with Gasteiger partial charge in [0.25, 0.3) is 0 Å². The number of carbonyl (C=O) groups is 1. The Labute approximate surface area is 102 Å². The Hall–Kier alpha value is -1.55. The molecule has 4 nitrogen and oxygen atoms in total. The second-order valence-electron chi connectivity index (χ2n) is 4.58. The highest BCUT2D eigenvalue weighted by Crippen LogP contribution is 2.27. The number of para-hydroxylation sites is 1. The summed E-state index contributed by atoms with van der Waals surface area (Å²) in [5.41, 5.74) is 0.523. The Balaban J connectivity index is 2.85. The van der Waals surface area contributed by atoms with Gasteiger partial charge in [-0.3, -0.25) is 4.79 Å². The van der Waals surface area contributed by atoms with Crippen LogP contribution in [0.25, 0.3) is 0 Å². The van der Waals surface area contributed by atoms with Crippen LogP contribution in [0.2, 0.25) is 0 Å². The molecule has 17 heavy (non-hydrogen) atoms. The zero-order valence-corrected chi connectivity index (χ0v) is 10.8. The van der Waals surface area contributed by atoms with Gasteiger partial charge in [0.15, 0.2) is 0 Å². The summed E-state index contributed by atoms with van der Waals surface area (Å²) < 4.78 is 0. The molecule has 0 atom stereocenters. The molecule has 0 unspecified atom stereocenters. The van der Waals surface area contributed by atoms with Crippen molar-refractivity contribution in [2.45, 2.75) is 33.2 Å². The summed E-state index contributed by atoms with van der Waals surface area (Å²) in [6, 6.07) is 5.27. The van der Waals surface area contributed by atoms with E-state index >= 15 is 0 Å². The Morgan fingerprint density at radius 2 is 2.06 bits per heavy atom. The van der Waals surface area contributed by atoms with E-state index in [0.29, 0.717) is 12.2 Å². The summed E-state index contributed by atoms with van der Waals surface area (Å²) in [5.74, 6) is -0.0478. The summed E-state index contributed by atoms with van der Waals surface area (Å²) in [5, 5.41) is 15.6. The highest BCUT2D eigenvalue weighted by atomic mass is 16.3. The molecule has 0 aliphatic heterocycles. The van der Waals surface area contributed by atoms with Gasteiger partial charge in [-0.15, -0.1) is 0 Å². The molecule has 1 aromatic carbocycles. The van der Waals surface area contributed by atoms with Crippen LogP contribution in [0.4, 0.5) is 5.69 Å². The predicted molar refractivity (Wildman–Crippen MR) is 69.2 cm³/mol. The summed E-state index contributed by atoms with van der Waals surface area (Å²) in [6.45, 7) is 8.05. The van der Waals surface area contributed by atoms with Crippen molar-refractivity contribution in [1.82, 2.24) is 5.32 Å². The molecule has 0 radical (unpaired) electrons. The molecule has 0 bridgehead atoms. The second kappa shape index (κ2) is 5.19. The van der Waals surface area contributed by atoms with Crippen LogP contribution in [0.15, 0.2) is 18.2 Å². The lowest BCUT2D eigenvalue weighted by molar-refractivity contribution is -0.121. The number of phenolic OH excluding ortho intramolecular Hbond substituents is 1. The van der Waals surface area contributed by atoms with Crippen molar-refractivity contribution in [3.63, 3.8) is 0 Å². The number of anilines is 1. The number of amides is 1. The molecule has 94 valence electrons. The van der Waals surface area contributed by atoms with Crippen LogP contribution in [-0.2, 0) is 4.79 Å². The maximum atomic E-state index is 12.0. The van der Waals surface area contributed by atoms with E-state index < -0.39 is 5.54 Å². The lowest BCUT2D eigenvalue weighted by Gasteiger charge is -2.24. The number of aryl methyl sites for hydroxylation is 1. The van der Waals surface area contributed by atoms with E-state index in [2.05, 4.69) is 10.6 Å². The van der Waals surface area contributed by atoms with Crippen molar-refractivity contribution in [1.29, 1.82) is 0 Å². The number of hydrogen-bond donors (Lipinski definition) is 3. The number of rotatable bonds is 4. The largest absolute Gasteiger partial charge is 0.505 e. The third kappa shape index (κ3) is 3.20. The van der Waals surface area contributed by atoms with Crippen LogP contribution in [0.1, 0.15) is 26.3 Å². The van der Waals surface area contributed by atoms with Crippen LogP contribution in [0, 0.1) is 6.92 Å². The minimum atomic E-state index is -0.662. The zero-order chi connectivity index (χ0) is 13.1. The van der Waals surface area contributed by atoms with Gasteiger partial charge in [-0.1, -0.05) is 19.1 Å². The Morgan fingerprint density at radius 1 is 1.41 bits per heavy atom. The first-order chi connectivity index (χ1) is 7.88. The van der Waals surface area contributed by atoms with Crippen LogP contribution >= 0.6 is 0 Å². The van der Waals surface area contributed by atoms with E-state index in [1.54, 1.807) is 39.0 Å². The minimum absolute atomic E-state index is 0.119. The molecule has 0 spiro atoms. The summed E-state index contributed by atoms with van der Waals surface area (Å²) in [4.78, 5) is 12.0. The second-order valence-corrected chi connectivity index (χ2v) is 4.58. The molecule has 3 N–H and O–H groups in total. The zero-order valence-electron chi connectivity index (χ0n) is 10.8. The first-order valence-electron chi connectivity index (χ1n) is 5.73. The van der Waals surface area contributed by atoms with Crippen molar-refractivity contribution < 1.29 is 9.90 Å². The number of hydrogen-bond acceptors (Lipinski definition) is 3. The fourth-order valence-corrected chi connectivity index (χ4v) is 1.56. The molecule has 0 aliphatic rings. The van der Waals surface area contributed by atoms with Gasteiger partial charge in [-0.2, -0.15) is 0 Å². The van der Waals surface area contributed by atoms with Crippen LogP contribution in [0.3, 0.4) is 0 Å². The third-order valence-electron chi connectivity index (χ3n) is 2.67. The molecular formula is C13H20N2O2. The predicted octanol–water partition coefficient (Wildman–Crippen LogP) is 2.03. The molecule has 0 saturated heterocycles. The summed E-state index contributed by atoms with van der Waals surface area (Å²) in [7, 11) is 0. The molecule has 0 saturated carbocycles. The van der Waals surface area contributed by atoms with E-state index in [-0.39, 0.29) is 11.7 Å². The lowest BCUT2D eigenvalue weighted by atomic mass is 10.0. The molecule has 1 aromatic rings. The van der Waals surface area contributed by atoms with E-state index in [1.807, 2.05) is 6.92 Å². The number of benzene rings is 1. The quantitative estimate of drug-likeness (QED) is 0.701. The Bertz CT molecular complexity index is 414. The normalized spacial score (nSPS) is 11.3. The van der Waals surface area contributed by atoms with Crippen LogP contribution in [-0.4, -0.2) is 23.1 Å². The third-order valence-corrected chi connectivity index (χ3v) is 2.67. The van der Waals surface area contributed by atoms with Crippen molar-refractivity contribution in [3.8, 4) is 5.75 Å². The summed E-state index contributed by atoms with van der Waals surface area (Å²) >= 11 is 0. The maximum absolute atomic E-state index is 12.0. The van der Waals surface area contributed by atoms with Gasteiger partial charge >= 0.3 is 0 Å². The SMILES string of the molecule is CCNC(C)(C)C(=O)Nc1cccc(C)c1O. The number of likely N-dealkylation sites (N-methyl/N-ethyl adjacent to an activating group) is 1. The van der Waals surface area contributed by atoms with E-state index in [9.17, 15) is 9.90 Å². The van der Waals surface area contributed by atoms with Gasteiger partial charge in [0.2, 0.25) is 5.91 Å². The maximum Gasteiger partial charge on any atom is 0.244 e. The molecular weight excluding hydrogens is 216 g/mol. The fourth-order valence-electron chi connectivity index (χ4n) is 1.56. The lowest BCUT2D eigenvalue weighted by Crippen LogP contribution is -2.49. The van der Waals surface area contributed by atoms with Crippen molar-refractivity contribution in [2.24, 2.45) is 0 Å². The first-order valence-corrected chi connectivity index (χ1v) is 5.73. The van der Waals surface area contributed by atoms with Crippen molar-refractivity contribution in [2.75, 3.05) is 11.9 Å². The molecule has 0 fully saturated rings. The van der Waals surface area contributed by atoms with Gasteiger partial charge in [-0.05, 0) is 38.9 Å². The van der Waals surface area contributed by atoms with Gasteiger partial charge in [-0.25, -0.2) is 0 Å². The van der Waals surface area contributed by atoms with Crippen LogP contribution < -0.4 is 10.6 Å². The molecule has 1 amide bonds. The first kappa shape index (κ1) is 13.5. The average molecular weight is 236 g/mol. The smallest absolute Gasteiger partial charge is 0.244 e. The molecule has 4 heteroatoms.